The second-order valence-corrected chi connectivity index (χ2v) is 4.95. The molecule has 2 atom stereocenters. The van der Waals surface area contributed by atoms with Gasteiger partial charge >= 0.3 is 0 Å². The minimum atomic E-state index is -0.163. The van der Waals surface area contributed by atoms with Crippen molar-refractivity contribution in [3.05, 3.63) is 26.7 Å². The summed E-state index contributed by atoms with van der Waals surface area (Å²) < 4.78 is 5.77. The van der Waals surface area contributed by atoms with Crippen LogP contribution in [-0.4, -0.2) is 13.2 Å². The summed E-state index contributed by atoms with van der Waals surface area (Å²) in [4.78, 5) is 4.97. The molecule has 1 aromatic carbocycles. The van der Waals surface area contributed by atoms with Gasteiger partial charge in [0.1, 0.15) is 11.9 Å². The number of benzene rings is 1. The first kappa shape index (κ1) is 13.2. The Hall–Kier alpha value is -0.190. The molecule has 1 aliphatic rings. The van der Waals surface area contributed by atoms with Gasteiger partial charge in [-0.15, -0.1) is 0 Å². The highest BCUT2D eigenvalue weighted by Crippen LogP contribution is 2.48. The molecule has 0 bridgehead atoms. The highest BCUT2D eigenvalue weighted by atomic mass is 35.5. The highest BCUT2D eigenvalue weighted by molar-refractivity contribution is 6.44. The Labute approximate surface area is 115 Å². The Morgan fingerprint density at radius 3 is 2.65 bits per heavy atom. The van der Waals surface area contributed by atoms with Gasteiger partial charge in [-0.2, -0.15) is 5.48 Å². The van der Waals surface area contributed by atoms with Crippen LogP contribution in [0.2, 0.25) is 15.1 Å². The molecule has 0 aromatic heterocycles. The average molecular weight is 297 g/mol. The van der Waals surface area contributed by atoms with Crippen molar-refractivity contribution in [2.24, 2.45) is 0 Å². The lowest BCUT2D eigenvalue weighted by Gasteiger charge is -2.17. The standard InChI is InChI=1S/C11H12Cl3NO2/c1-3-7-10(15-16-2)8-9(14)5(12)4-6(13)11(8)17-7/h4,7,10,15H,3H2,1-2H3. The topological polar surface area (TPSA) is 30.5 Å². The number of halogens is 3. The van der Waals surface area contributed by atoms with Crippen molar-refractivity contribution in [2.75, 3.05) is 7.11 Å². The van der Waals surface area contributed by atoms with E-state index in [9.17, 15) is 0 Å². The molecular formula is C11H12Cl3NO2. The average Bonchev–Trinajstić information content (AvgIpc) is 2.66. The maximum atomic E-state index is 6.20. The molecule has 1 aliphatic heterocycles. The molecule has 0 saturated carbocycles. The summed E-state index contributed by atoms with van der Waals surface area (Å²) in [7, 11) is 1.55. The maximum absolute atomic E-state index is 6.20. The largest absolute Gasteiger partial charge is 0.486 e. The lowest BCUT2D eigenvalue weighted by Crippen LogP contribution is -2.29. The van der Waals surface area contributed by atoms with Crippen LogP contribution in [-0.2, 0) is 4.84 Å². The van der Waals surface area contributed by atoms with Gasteiger partial charge in [-0.3, -0.25) is 0 Å². The van der Waals surface area contributed by atoms with E-state index in [1.165, 1.54) is 0 Å². The van der Waals surface area contributed by atoms with Crippen LogP contribution in [0.3, 0.4) is 0 Å². The molecule has 6 heteroatoms. The second kappa shape index (κ2) is 5.21. The van der Waals surface area contributed by atoms with Gasteiger partial charge in [0.05, 0.1) is 28.2 Å². The minimum Gasteiger partial charge on any atom is -0.486 e. The van der Waals surface area contributed by atoms with Crippen molar-refractivity contribution in [3.8, 4) is 5.75 Å². The first-order valence-corrected chi connectivity index (χ1v) is 6.36. The Kier molecular flexibility index (Phi) is 4.06. The molecule has 94 valence electrons. The lowest BCUT2D eigenvalue weighted by atomic mass is 10.0. The summed E-state index contributed by atoms with van der Waals surface area (Å²) in [6.07, 6.45) is 0.735. The fraction of sp³-hybridized carbons (Fsp3) is 0.455. The fourth-order valence-electron chi connectivity index (χ4n) is 1.98. The number of nitrogens with one attached hydrogen (secondary N) is 1. The van der Waals surface area contributed by atoms with E-state index in [2.05, 4.69) is 5.48 Å². The molecule has 1 N–H and O–H groups in total. The van der Waals surface area contributed by atoms with Crippen LogP contribution in [0.15, 0.2) is 6.07 Å². The third-order valence-electron chi connectivity index (χ3n) is 2.76. The lowest BCUT2D eigenvalue weighted by molar-refractivity contribution is 0.0284. The first-order valence-electron chi connectivity index (χ1n) is 5.22. The summed E-state index contributed by atoms with van der Waals surface area (Å²) in [5.74, 6) is 0.586. The summed E-state index contributed by atoms with van der Waals surface area (Å²) in [5, 5.41) is 1.34. The number of fused-ring (bicyclic) bond motifs is 1. The summed E-state index contributed by atoms with van der Waals surface area (Å²) in [5.41, 5.74) is 3.63. The summed E-state index contributed by atoms with van der Waals surface area (Å²) >= 11 is 18.3. The van der Waals surface area contributed by atoms with Gasteiger partial charge in [0, 0.05) is 5.56 Å². The summed E-state index contributed by atoms with van der Waals surface area (Å²) in [6, 6.07) is 1.43. The number of ether oxygens (including phenoxy) is 1. The highest BCUT2D eigenvalue weighted by Gasteiger charge is 2.37. The predicted octanol–water partition coefficient (Wildman–Crippen LogP) is 4.01. The smallest absolute Gasteiger partial charge is 0.145 e. The van der Waals surface area contributed by atoms with E-state index < -0.39 is 0 Å². The molecule has 1 aromatic rings. The van der Waals surface area contributed by atoms with Gasteiger partial charge in [-0.1, -0.05) is 41.7 Å². The van der Waals surface area contributed by atoms with Crippen LogP contribution < -0.4 is 10.2 Å². The van der Waals surface area contributed by atoms with E-state index in [1.807, 2.05) is 6.92 Å². The third kappa shape index (κ3) is 2.23. The van der Waals surface area contributed by atoms with E-state index in [0.29, 0.717) is 20.8 Å². The van der Waals surface area contributed by atoms with Crippen molar-refractivity contribution in [1.82, 2.24) is 5.48 Å². The van der Waals surface area contributed by atoms with Crippen LogP contribution in [0.4, 0.5) is 0 Å². The molecule has 0 spiro atoms. The van der Waals surface area contributed by atoms with E-state index in [1.54, 1.807) is 13.2 Å². The van der Waals surface area contributed by atoms with Gasteiger partial charge in [0.15, 0.2) is 0 Å². The SMILES string of the molecule is CCC1Oc2c(Cl)cc(Cl)c(Cl)c2C1NOC. The van der Waals surface area contributed by atoms with Crippen molar-refractivity contribution in [2.45, 2.75) is 25.5 Å². The van der Waals surface area contributed by atoms with Crippen molar-refractivity contribution in [3.63, 3.8) is 0 Å². The van der Waals surface area contributed by atoms with Crippen molar-refractivity contribution >= 4 is 34.8 Å². The molecule has 2 rings (SSSR count). The monoisotopic (exact) mass is 295 g/mol. The number of hydrogen-bond acceptors (Lipinski definition) is 3. The molecule has 3 nitrogen and oxygen atoms in total. The molecule has 0 fully saturated rings. The van der Waals surface area contributed by atoms with E-state index in [4.69, 9.17) is 44.4 Å². The van der Waals surface area contributed by atoms with E-state index >= 15 is 0 Å². The predicted molar refractivity (Wildman–Crippen MR) is 69.1 cm³/mol. The number of rotatable bonds is 3. The van der Waals surface area contributed by atoms with E-state index in [0.717, 1.165) is 12.0 Å². The maximum Gasteiger partial charge on any atom is 0.145 e. The quantitative estimate of drug-likeness (QED) is 0.675. The van der Waals surface area contributed by atoms with Crippen LogP contribution >= 0.6 is 34.8 Å². The Balaban J connectivity index is 2.52. The van der Waals surface area contributed by atoms with Crippen LogP contribution in [0.5, 0.6) is 5.75 Å². The normalized spacial score (nSPS) is 22.4. The van der Waals surface area contributed by atoms with Crippen molar-refractivity contribution < 1.29 is 9.57 Å². The van der Waals surface area contributed by atoms with Crippen LogP contribution in [0.25, 0.3) is 0 Å². The molecule has 17 heavy (non-hydrogen) atoms. The van der Waals surface area contributed by atoms with Gasteiger partial charge in [0.2, 0.25) is 0 Å². The number of hydrogen-bond donors (Lipinski definition) is 1. The third-order valence-corrected chi connectivity index (χ3v) is 3.84. The minimum absolute atomic E-state index is 0.0709. The first-order chi connectivity index (χ1) is 8.10. The zero-order valence-electron chi connectivity index (χ0n) is 9.39. The molecule has 2 unspecified atom stereocenters. The molecular weight excluding hydrogens is 284 g/mol. The molecule has 1 heterocycles. The molecule has 0 amide bonds. The second-order valence-electron chi connectivity index (χ2n) is 3.76. The molecule has 0 aliphatic carbocycles. The number of hydroxylamine groups is 1. The van der Waals surface area contributed by atoms with Gasteiger partial charge in [0.25, 0.3) is 0 Å². The molecule has 0 radical (unpaired) electrons. The van der Waals surface area contributed by atoms with Gasteiger partial charge in [-0.25, -0.2) is 0 Å². The molecule has 0 saturated heterocycles. The van der Waals surface area contributed by atoms with Crippen LogP contribution in [0.1, 0.15) is 24.9 Å². The van der Waals surface area contributed by atoms with Crippen molar-refractivity contribution in [1.29, 1.82) is 0 Å². The van der Waals surface area contributed by atoms with E-state index in [-0.39, 0.29) is 12.1 Å². The Morgan fingerprint density at radius 1 is 1.35 bits per heavy atom. The Morgan fingerprint density at radius 2 is 2.06 bits per heavy atom. The van der Waals surface area contributed by atoms with Gasteiger partial charge in [-0.05, 0) is 12.5 Å². The summed E-state index contributed by atoms with van der Waals surface area (Å²) in [6.45, 7) is 2.02. The Bertz CT molecular complexity index is 439. The van der Waals surface area contributed by atoms with Gasteiger partial charge < -0.3 is 9.57 Å². The fourth-order valence-corrected chi connectivity index (χ4v) is 2.76. The zero-order chi connectivity index (χ0) is 12.6. The zero-order valence-corrected chi connectivity index (χ0v) is 11.7. The van der Waals surface area contributed by atoms with Crippen LogP contribution in [0, 0.1) is 0 Å².